The fourth-order valence-electron chi connectivity index (χ4n) is 1.85. The third kappa shape index (κ3) is 3.65. The van der Waals surface area contributed by atoms with Crippen molar-refractivity contribution in [2.45, 2.75) is 11.4 Å². The van der Waals surface area contributed by atoms with Gasteiger partial charge in [0.2, 0.25) is 0 Å². The van der Waals surface area contributed by atoms with Crippen LogP contribution in [0, 0.1) is 3.57 Å². The van der Waals surface area contributed by atoms with E-state index < -0.39 is 9.84 Å². The maximum absolute atomic E-state index is 11.8. The summed E-state index contributed by atoms with van der Waals surface area (Å²) in [6, 6.07) is 12.7. The van der Waals surface area contributed by atoms with Crippen LogP contribution < -0.4 is 5.32 Å². The summed E-state index contributed by atoms with van der Waals surface area (Å²) in [7, 11) is -3.30. The Morgan fingerprint density at radius 3 is 2.50 bits per heavy atom. The standard InChI is InChI=1S/C14H13ClINO2S/c1-20(18,19)14-8-4-5-11(15)10(14)9-17-13-7-3-2-6-12(13)16/h2-8,17H,9H2,1H3. The summed E-state index contributed by atoms with van der Waals surface area (Å²) >= 11 is 8.36. The molecule has 0 amide bonds. The van der Waals surface area contributed by atoms with Gasteiger partial charge in [-0.05, 0) is 46.9 Å². The Labute approximate surface area is 137 Å². The van der Waals surface area contributed by atoms with Crippen LogP contribution in [0.1, 0.15) is 5.56 Å². The van der Waals surface area contributed by atoms with Crippen LogP contribution in [0.15, 0.2) is 47.4 Å². The predicted molar refractivity (Wildman–Crippen MR) is 91.0 cm³/mol. The Kier molecular flexibility index (Phi) is 4.93. The van der Waals surface area contributed by atoms with Crippen LogP contribution >= 0.6 is 34.2 Å². The molecule has 106 valence electrons. The first-order chi connectivity index (χ1) is 9.39. The fraction of sp³-hybridized carbons (Fsp3) is 0.143. The van der Waals surface area contributed by atoms with Gasteiger partial charge in [0.25, 0.3) is 0 Å². The number of halogens is 2. The average Bonchev–Trinajstić information content (AvgIpc) is 2.37. The van der Waals surface area contributed by atoms with Crippen molar-refractivity contribution in [3.8, 4) is 0 Å². The molecule has 0 bridgehead atoms. The van der Waals surface area contributed by atoms with E-state index >= 15 is 0 Å². The number of para-hydroxylation sites is 1. The Balaban J connectivity index is 2.33. The third-order valence-electron chi connectivity index (χ3n) is 2.80. The van der Waals surface area contributed by atoms with E-state index in [2.05, 4.69) is 27.9 Å². The Morgan fingerprint density at radius 1 is 1.15 bits per heavy atom. The molecule has 0 spiro atoms. The lowest BCUT2D eigenvalue weighted by Gasteiger charge is -2.13. The van der Waals surface area contributed by atoms with Gasteiger partial charge >= 0.3 is 0 Å². The second-order valence-electron chi connectivity index (χ2n) is 4.32. The molecular formula is C14H13ClINO2S. The van der Waals surface area contributed by atoms with Crippen molar-refractivity contribution in [1.82, 2.24) is 0 Å². The number of nitrogens with one attached hydrogen (secondary N) is 1. The van der Waals surface area contributed by atoms with Crippen LogP contribution in [-0.2, 0) is 16.4 Å². The van der Waals surface area contributed by atoms with Gasteiger partial charge in [-0.3, -0.25) is 0 Å². The van der Waals surface area contributed by atoms with Crippen molar-refractivity contribution in [3.63, 3.8) is 0 Å². The molecule has 0 aliphatic carbocycles. The molecule has 0 fully saturated rings. The molecule has 2 aromatic rings. The maximum atomic E-state index is 11.8. The van der Waals surface area contributed by atoms with Crippen molar-refractivity contribution in [1.29, 1.82) is 0 Å². The summed E-state index contributed by atoms with van der Waals surface area (Å²) in [6.07, 6.45) is 1.19. The molecule has 0 atom stereocenters. The van der Waals surface area contributed by atoms with E-state index in [0.717, 1.165) is 9.26 Å². The number of benzene rings is 2. The Morgan fingerprint density at radius 2 is 1.85 bits per heavy atom. The lowest BCUT2D eigenvalue weighted by molar-refractivity contribution is 0.601. The Bertz CT molecular complexity index is 732. The molecule has 0 saturated heterocycles. The molecule has 0 unspecified atom stereocenters. The molecule has 2 rings (SSSR count). The summed E-state index contributed by atoms with van der Waals surface area (Å²) in [5.74, 6) is 0. The van der Waals surface area contributed by atoms with Crippen LogP contribution in [0.4, 0.5) is 5.69 Å². The molecular weight excluding hydrogens is 409 g/mol. The quantitative estimate of drug-likeness (QED) is 0.760. The summed E-state index contributed by atoms with van der Waals surface area (Å²) in [5, 5.41) is 3.68. The van der Waals surface area contributed by atoms with Crippen LogP contribution in [0.5, 0.6) is 0 Å². The van der Waals surface area contributed by atoms with Crippen LogP contribution in [0.3, 0.4) is 0 Å². The maximum Gasteiger partial charge on any atom is 0.175 e. The first-order valence-corrected chi connectivity index (χ1v) is 9.20. The van der Waals surface area contributed by atoms with E-state index in [1.54, 1.807) is 18.2 Å². The molecule has 0 heterocycles. The van der Waals surface area contributed by atoms with Gasteiger partial charge in [0, 0.05) is 32.6 Å². The molecule has 0 aromatic heterocycles. The van der Waals surface area contributed by atoms with Crippen LogP contribution in [-0.4, -0.2) is 14.7 Å². The summed E-state index contributed by atoms with van der Waals surface area (Å²) < 4.78 is 24.7. The number of sulfone groups is 1. The molecule has 2 aromatic carbocycles. The topological polar surface area (TPSA) is 46.2 Å². The SMILES string of the molecule is CS(=O)(=O)c1cccc(Cl)c1CNc1ccccc1I. The van der Waals surface area contributed by atoms with E-state index in [1.807, 2.05) is 24.3 Å². The minimum Gasteiger partial charge on any atom is -0.380 e. The van der Waals surface area contributed by atoms with Crippen molar-refractivity contribution >= 4 is 49.7 Å². The molecule has 1 N–H and O–H groups in total. The minimum atomic E-state index is -3.30. The number of hydrogen-bond acceptors (Lipinski definition) is 3. The van der Waals surface area contributed by atoms with Crippen molar-refractivity contribution in [3.05, 3.63) is 56.6 Å². The Hall–Kier alpha value is -0.790. The van der Waals surface area contributed by atoms with Gasteiger partial charge in [-0.2, -0.15) is 0 Å². The molecule has 0 aliphatic rings. The highest BCUT2D eigenvalue weighted by atomic mass is 127. The summed E-state index contributed by atoms with van der Waals surface area (Å²) in [4.78, 5) is 0.267. The van der Waals surface area contributed by atoms with Gasteiger partial charge in [0.1, 0.15) is 0 Å². The second-order valence-corrected chi connectivity index (χ2v) is 7.88. The fourth-order valence-corrected chi connectivity index (χ4v) is 3.68. The lowest BCUT2D eigenvalue weighted by Crippen LogP contribution is -2.08. The summed E-state index contributed by atoms with van der Waals surface area (Å²) in [5.41, 5.74) is 1.55. The zero-order chi connectivity index (χ0) is 14.8. The second kappa shape index (κ2) is 6.32. The first kappa shape index (κ1) is 15.6. The van der Waals surface area contributed by atoms with Gasteiger partial charge in [-0.1, -0.05) is 29.8 Å². The van der Waals surface area contributed by atoms with Gasteiger partial charge in [0.15, 0.2) is 9.84 Å². The van der Waals surface area contributed by atoms with Gasteiger partial charge in [-0.25, -0.2) is 8.42 Å². The lowest BCUT2D eigenvalue weighted by atomic mass is 10.2. The highest BCUT2D eigenvalue weighted by Gasteiger charge is 2.15. The van der Waals surface area contributed by atoms with E-state index in [1.165, 1.54) is 6.26 Å². The molecule has 3 nitrogen and oxygen atoms in total. The molecule has 0 radical (unpaired) electrons. The zero-order valence-electron chi connectivity index (χ0n) is 10.7. The van der Waals surface area contributed by atoms with Crippen LogP contribution in [0.25, 0.3) is 0 Å². The highest BCUT2D eigenvalue weighted by molar-refractivity contribution is 14.1. The summed E-state index contributed by atoms with van der Waals surface area (Å²) in [6.45, 7) is 0.363. The number of anilines is 1. The van der Waals surface area contributed by atoms with E-state index in [4.69, 9.17) is 11.6 Å². The molecule has 0 aliphatic heterocycles. The van der Waals surface area contributed by atoms with Crippen molar-refractivity contribution in [2.75, 3.05) is 11.6 Å². The largest absolute Gasteiger partial charge is 0.380 e. The molecule has 0 saturated carbocycles. The van der Waals surface area contributed by atoms with E-state index in [-0.39, 0.29) is 4.90 Å². The highest BCUT2D eigenvalue weighted by Crippen LogP contribution is 2.26. The van der Waals surface area contributed by atoms with Crippen molar-refractivity contribution in [2.24, 2.45) is 0 Å². The first-order valence-electron chi connectivity index (χ1n) is 5.85. The van der Waals surface area contributed by atoms with E-state index in [0.29, 0.717) is 17.1 Å². The number of hydrogen-bond donors (Lipinski definition) is 1. The molecule has 6 heteroatoms. The number of rotatable bonds is 4. The van der Waals surface area contributed by atoms with Crippen molar-refractivity contribution < 1.29 is 8.42 Å². The average molecular weight is 422 g/mol. The zero-order valence-corrected chi connectivity index (χ0v) is 14.5. The van der Waals surface area contributed by atoms with E-state index in [9.17, 15) is 8.42 Å². The monoisotopic (exact) mass is 421 g/mol. The predicted octanol–water partition coefficient (Wildman–Crippen LogP) is 3.96. The third-order valence-corrected chi connectivity index (χ3v) is 5.28. The normalized spacial score (nSPS) is 11.3. The van der Waals surface area contributed by atoms with Gasteiger partial charge in [0.05, 0.1) is 4.90 Å². The van der Waals surface area contributed by atoms with Gasteiger partial charge in [-0.15, -0.1) is 0 Å². The van der Waals surface area contributed by atoms with Crippen LogP contribution in [0.2, 0.25) is 5.02 Å². The minimum absolute atomic E-state index is 0.267. The smallest absolute Gasteiger partial charge is 0.175 e. The molecule has 20 heavy (non-hydrogen) atoms. The van der Waals surface area contributed by atoms with Gasteiger partial charge < -0.3 is 5.32 Å².